The summed E-state index contributed by atoms with van der Waals surface area (Å²) in [4.78, 5) is 21.7. The summed E-state index contributed by atoms with van der Waals surface area (Å²) >= 11 is 8.13. The number of nitrogens with zero attached hydrogens (tertiary/aromatic N) is 4. The van der Waals surface area contributed by atoms with E-state index in [-0.39, 0.29) is 11.1 Å². The van der Waals surface area contributed by atoms with E-state index in [4.69, 9.17) is 16.3 Å². The highest BCUT2D eigenvalue weighted by Gasteiger charge is 2.31. The molecule has 2 fully saturated rings. The van der Waals surface area contributed by atoms with E-state index in [1.807, 2.05) is 30.1 Å². The summed E-state index contributed by atoms with van der Waals surface area (Å²) < 4.78 is 7.76. The van der Waals surface area contributed by atoms with Crippen LogP contribution in [0.5, 0.6) is 5.75 Å². The molecule has 1 amide bonds. The Balaban J connectivity index is 1.21. The van der Waals surface area contributed by atoms with E-state index in [2.05, 4.69) is 26.3 Å². The molecule has 4 rings (SSSR count). The van der Waals surface area contributed by atoms with Crippen molar-refractivity contribution in [1.82, 2.24) is 14.2 Å². The van der Waals surface area contributed by atoms with Crippen LogP contribution in [0, 0.1) is 11.8 Å². The Kier molecular flexibility index (Phi) is 7.48. The number of halogens is 1. The SMILES string of the molecule is COc1cccc(SN2CC(CC3CCN(c4ccc(C(=O)N(C)C)c(Cl)n4)CC3)C2)c1. The normalized spacial score (nSPS) is 17.8. The minimum Gasteiger partial charge on any atom is -0.497 e. The quantitative estimate of drug-likeness (QED) is 0.428. The molecule has 0 aliphatic carbocycles. The van der Waals surface area contributed by atoms with Crippen molar-refractivity contribution in [3.05, 3.63) is 47.1 Å². The van der Waals surface area contributed by atoms with E-state index >= 15 is 0 Å². The van der Waals surface area contributed by atoms with Crippen molar-refractivity contribution in [1.29, 1.82) is 0 Å². The molecule has 8 heteroatoms. The third kappa shape index (κ3) is 5.50. The molecule has 3 heterocycles. The fourth-order valence-corrected chi connectivity index (χ4v) is 5.83. The summed E-state index contributed by atoms with van der Waals surface area (Å²) in [5, 5.41) is 0.284. The zero-order chi connectivity index (χ0) is 22.7. The first-order valence-electron chi connectivity index (χ1n) is 11.1. The first kappa shape index (κ1) is 23.2. The van der Waals surface area contributed by atoms with Gasteiger partial charge in [0, 0.05) is 45.2 Å². The summed E-state index contributed by atoms with van der Waals surface area (Å²) in [5.74, 6) is 3.22. The van der Waals surface area contributed by atoms with Crippen LogP contribution in [0.1, 0.15) is 29.6 Å². The largest absolute Gasteiger partial charge is 0.497 e. The van der Waals surface area contributed by atoms with Gasteiger partial charge >= 0.3 is 0 Å². The van der Waals surface area contributed by atoms with Gasteiger partial charge in [-0.2, -0.15) is 0 Å². The molecule has 0 saturated carbocycles. The summed E-state index contributed by atoms with van der Waals surface area (Å²) in [6, 6.07) is 12.0. The monoisotopic (exact) mass is 474 g/mol. The number of hydrogen-bond acceptors (Lipinski definition) is 6. The molecule has 32 heavy (non-hydrogen) atoms. The number of aromatic nitrogens is 1. The van der Waals surface area contributed by atoms with Gasteiger partial charge in [-0.1, -0.05) is 17.7 Å². The van der Waals surface area contributed by atoms with Crippen molar-refractivity contribution in [3.8, 4) is 5.75 Å². The number of ether oxygens (including phenoxy) is 1. The van der Waals surface area contributed by atoms with Crippen LogP contribution in [0.3, 0.4) is 0 Å². The molecule has 1 aromatic heterocycles. The lowest BCUT2D eigenvalue weighted by Gasteiger charge is -2.41. The number of anilines is 1. The summed E-state index contributed by atoms with van der Waals surface area (Å²) in [5.41, 5.74) is 0.455. The van der Waals surface area contributed by atoms with Crippen molar-refractivity contribution in [2.75, 3.05) is 52.3 Å². The molecule has 172 valence electrons. The van der Waals surface area contributed by atoms with Gasteiger partial charge in [-0.05, 0) is 73.4 Å². The molecule has 0 spiro atoms. The predicted molar refractivity (Wildman–Crippen MR) is 131 cm³/mol. The summed E-state index contributed by atoms with van der Waals surface area (Å²) in [7, 11) is 5.15. The van der Waals surface area contributed by atoms with Crippen LogP contribution < -0.4 is 9.64 Å². The highest BCUT2D eigenvalue weighted by atomic mass is 35.5. The van der Waals surface area contributed by atoms with Crippen LogP contribution in [0.25, 0.3) is 0 Å². The van der Waals surface area contributed by atoms with E-state index in [0.717, 1.165) is 49.6 Å². The minimum atomic E-state index is -0.119. The molecule has 2 aliphatic heterocycles. The molecule has 2 saturated heterocycles. The third-order valence-corrected chi connectivity index (χ3v) is 7.58. The minimum absolute atomic E-state index is 0.119. The number of amides is 1. The number of carbonyl (C=O) groups excluding carboxylic acids is 1. The average Bonchev–Trinajstić information content (AvgIpc) is 2.77. The third-order valence-electron chi connectivity index (χ3n) is 6.28. The van der Waals surface area contributed by atoms with Gasteiger partial charge in [-0.15, -0.1) is 0 Å². The lowest BCUT2D eigenvalue weighted by molar-refractivity contribution is 0.0827. The van der Waals surface area contributed by atoms with Gasteiger partial charge in [0.2, 0.25) is 0 Å². The van der Waals surface area contributed by atoms with E-state index in [1.54, 1.807) is 27.3 Å². The van der Waals surface area contributed by atoms with E-state index in [1.165, 1.54) is 29.1 Å². The second-order valence-corrected chi connectivity index (χ2v) is 10.4. The van der Waals surface area contributed by atoms with Crippen molar-refractivity contribution < 1.29 is 9.53 Å². The molecule has 2 aromatic rings. The smallest absolute Gasteiger partial charge is 0.256 e. The number of benzene rings is 1. The van der Waals surface area contributed by atoms with Crippen LogP contribution in [-0.2, 0) is 0 Å². The zero-order valence-electron chi connectivity index (χ0n) is 19.0. The maximum absolute atomic E-state index is 12.2. The number of methoxy groups -OCH3 is 1. The Hall–Kier alpha value is -1.96. The van der Waals surface area contributed by atoms with Gasteiger partial charge in [0.25, 0.3) is 5.91 Å². The average molecular weight is 475 g/mol. The topological polar surface area (TPSA) is 48.9 Å². The van der Waals surface area contributed by atoms with Crippen molar-refractivity contribution >= 4 is 35.3 Å². The molecular formula is C24H31ClN4O2S. The van der Waals surface area contributed by atoms with Gasteiger partial charge in [0.05, 0.1) is 12.7 Å². The van der Waals surface area contributed by atoms with Gasteiger partial charge in [0.15, 0.2) is 0 Å². The molecule has 0 atom stereocenters. The lowest BCUT2D eigenvalue weighted by atomic mass is 9.84. The van der Waals surface area contributed by atoms with E-state index in [0.29, 0.717) is 5.56 Å². The second-order valence-electron chi connectivity index (χ2n) is 8.86. The zero-order valence-corrected chi connectivity index (χ0v) is 20.5. The first-order chi connectivity index (χ1) is 15.4. The molecule has 6 nitrogen and oxygen atoms in total. The number of pyridine rings is 1. The molecule has 1 aromatic carbocycles. The second kappa shape index (κ2) is 10.3. The van der Waals surface area contributed by atoms with E-state index in [9.17, 15) is 4.79 Å². The number of piperidine rings is 1. The van der Waals surface area contributed by atoms with Gasteiger partial charge < -0.3 is 14.5 Å². The number of hydrogen-bond donors (Lipinski definition) is 0. The van der Waals surface area contributed by atoms with Gasteiger partial charge in [-0.25, -0.2) is 9.29 Å². The molecule has 0 unspecified atom stereocenters. The number of carbonyl (C=O) groups is 1. The number of rotatable bonds is 7. The Morgan fingerprint density at radius 2 is 1.94 bits per heavy atom. The molecule has 0 radical (unpaired) electrons. The Bertz CT molecular complexity index is 943. The van der Waals surface area contributed by atoms with Crippen LogP contribution >= 0.6 is 23.5 Å². The highest BCUT2D eigenvalue weighted by Crippen LogP contribution is 2.36. The van der Waals surface area contributed by atoms with Gasteiger partial charge in [-0.3, -0.25) is 4.79 Å². The molecule has 0 N–H and O–H groups in total. The van der Waals surface area contributed by atoms with Crippen molar-refractivity contribution in [2.45, 2.75) is 24.2 Å². The van der Waals surface area contributed by atoms with Gasteiger partial charge in [0.1, 0.15) is 16.7 Å². The Morgan fingerprint density at radius 1 is 1.19 bits per heavy atom. The predicted octanol–water partition coefficient (Wildman–Crippen LogP) is 4.69. The maximum Gasteiger partial charge on any atom is 0.256 e. The highest BCUT2D eigenvalue weighted by molar-refractivity contribution is 7.97. The fourth-order valence-electron chi connectivity index (χ4n) is 4.42. The Labute approximate surface area is 200 Å². The molecule has 0 bridgehead atoms. The van der Waals surface area contributed by atoms with Crippen LogP contribution in [0.15, 0.2) is 41.3 Å². The standard InChI is InChI=1S/C24H31ClN4O2S/c1-27(2)24(30)21-7-8-22(26-23(21)25)28-11-9-17(10-12-28)13-18-15-29(16-18)32-20-6-4-5-19(14-20)31-3/h4-8,14,17-18H,9-13,15-16H2,1-3H3. The first-order valence-corrected chi connectivity index (χ1v) is 12.3. The van der Waals surface area contributed by atoms with Crippen LogP contribution in [0.2, 0.25) is 5.15 Å². The molecular weight excluding hydrogens is 444 g/mol. The lowest BCUT2D eigenvalue weighted by Crippen LogP contribution is -2.44. The summed E-state index contributed by atoms with van der Waals surface area (Å²) in [6.45, 7) is 4.29. The van der Waals surface area contributed by atoms with Crippen LogP contribution in [0.4, 0.5) is 5.82 Å². The Morgan fingerprint density at radius 3 is 2.59 bits per heavy atom. The molecule has 2 aliphatic rings. The van der Waals surface area contributed by atoms with Crippen molar-refractivity contribution in [2.24, 2.45) is 11.8 Å². The summed E-state index contributed by atoms with van der Waals surface area (Å²) in [6.07, 6.45) is 3.65. The fraction of sp³-hybridized carbons (Fsp3) is 0.500. The van der Waals surface area contributed by atoms with E-state index < -0.39 is 0 Å². The maximum atomic E-state index is 12.2. The van der Waals surface area contributed by atoms with Crippen molar-refractivity contribution in [3.63, 3.8) is 0 Å². The van der Waals surface area contributed by atoms with Crippen LogP contribution in [-0.4, -0.2) is 67.5 Å².